The summed E-state index contributed by atoms with van der Waals surface area (Å²) < 4.78 is 37.9. The van der Waals surface area contributed by atoms with Gasteiger partial charge < -0.3 is 38.6 Å². The molecule has 1 aliphatic heterocycles. The highest BCUT2D eigenvalue weighted by atomic mass is 16.6. The highest BCUT2D eigenvalue weighted by molar-refractivity contribution is 5.89. The Bertz CT molecular complexity index is 1330. The quantitative estimate of drug-likeness (QED) is 0.387. The zero-order valence-corrected chi connectivity index (χ0v) is 27.0. The third-order valence-electron chi connectivity index (χ3n) is 13.1. The molecule has 6 aliphatic rings. The largest absolute Gasteiger partial charge is 0.458 e. The lowest BCUT2D eigenvalue weighted by molar-refractivity contribution is -0.300. The van der Waals surface area contributed by atoms with E-state index in [1.165, 1.54) is 6.92 Å². The van der Waals surface area contributed by atoms with Gasteiger partial charge in [-0.2, -0.15) is 0 Å². The maximum absolute atomic E-state index is 13.7. The molecule has 45 heavy (non-hydrogen) atoms. The zero-order valence-electron chi connectivity index (χ0n) is 27.0. The van der Waals surface area contributed by atoms with Crippen LogP contribution in [0.15, 0.2) is 30.3 Å². The minimum atomic E-state index is -1.55. The first-order valence-electron chi connectivity index (χ1n) is 16.2. The SMILES string of the molecule is CCN1C[C@]2(COC)[C@H](O)C[C@H](OC)[C@@]34[C@@H]5C[C@]6(O)[C@@H](OC)C[C@](OC(C)=O)([C@H]([C@H](OC)[C@H]23)[C@@H]14)[C@H]5[C@H]6OC(=O)c1ccccc1. The second-order valence-corrected chi connectivity index (χ2v) is 14.4. The van der Waals surface area contributed by atoms with Gasteiger partial charge in [-0.1, -0.05) is 25.1 Å². The summed E-state index contributed by atoms with van der Waals surface area (Å²) in [6, 6.07) is 8.56. The second kappa shape index (κ2) is 10.7. The van der Waals surface area contributed by atoms with E-state index < -0.39 is 76.3 Å². The van der Waals surface area contributed by atoms with Crippen molar-refractivity contribution in [2.75, 3.05) is 48.1 Å². The van der Waals surface area contributed by atoms with Crippen molar-refractivity contribution in [3.8, 4) is 0 Å². The Kier molecular flexibility index (Phi) is 7.48. The van der Waals surface area contributed by atoms with Crippen LogP contribution in [0.1, 0.15) is 43.5 Å². The van der Waals surface area contributed by atoms with Gasteiger partial charge in [0.25, 0.3) is 0 Å². The highest BCUT2D eigenvalue weighted by Gasteiger charge is 2.90. The number of methoxy groups -OCH3 is 4. The molecule has 0 unspecified atom stereocenters. The van der Waals surface area contributed by atoms with Crippen LogP contribution in [0.3, 0.4) is 0 Å². The summed E-state index contributed by atoms with van der Waals surface area (Å²) >= 11 is 0. The molecule has 7 rings (SSSR count). The number of fused-ring (bicyclic) bond motifs is 2. The molecule has 5 saturated carbocycles. The number of piperidine rings is 1. The van der Waals surface area contributed by atoms with Gasteiger partial charge in [0.15, 0.2) is 0 Å². The zero-order chi connectivity index (χ0) is 32.1. The third kappa shape index (κ3) is 3.72. The number of hydrogen-bond donors (Lipinski definition) is 2. The van der Waals surface area contributed by atoms with Crippen LogP contribution in [-0.2, 0) is 33.2 Å². The van der Waals surface area contributed by atoms with Crippen molar-refractivity contribution >= 4 is 11.9 Å². The molecule has 2 N–H and O–H groups in total. The van der Waals surface area contributed by atoms with E-state index in [4.69, 9.17) is 28.4 Å². The molecule has 11 heteroatoms. The number of rotatable bonds is 9. The summed E-state index contributed by atoms with van der Waals surface area (Å²) in [5.41, 5.74) is -3.74. The smallest absolute Gasteiger partial charge is 0.338 e. The molecule has 0 amide bonds. The van der Waals surface area contributed by atoms with Crippen LogP contribution in [0.25, 0.3) is 0 Å². The van der Waals surface area contributed by atoms with Gasteiger partial charge >= 0.3 is 11.9 Å². The van der Waals surface area contributed by atoms with E-state index in [2.05, 4.69) is 11.8 Å². The first-order chi connectivity index (χ1) is 21.5. The molecule has 7 bridgehead atoms. The van der Waals surface area contributed by atoms with Crippen LogP contribution in [-0.4, -0.2) is 123 Å². The second-order valence-electron chi connectivity index (χ2n) is 14.4. The van der Waals surface area contributed by atoms with Crippen molar-refractivity contribution in [2.24, 2.45) is 34.5 Å². The van der Waals surface area contributed by atoms with Crippen molar-refractivity contribution in [2.45, 2.75) is 80.9 Å². The van der Waals surface area contributed by atoms with Gasteiger partial charge in [-0.3, -0.25) is 9.69 Å². The fourth-order valence-electron chi connectivity index (χ4n) is 12.2. The number of ether oxygens (including phenoxy) is 6. The molecule has 1 aromatic carbocycles. The van der Waals surface area contributed by atoms with Gasteiger partial charge in [-0.15, -0.1) is 0 Å². The predicted molar refractivity (Wildman–Crippen MR) is 159 cm³/mol. The standard InChI is InChI=1S/C34H47NO10/c1-7-35-16-31(17-40-3)21(37)13-22(41-4)34-20-14-32(39)23(42-5)15-33(45-18(2)36,25(28(34)35)26(43-6)27(31)34)24(20)29(32)44-30(38)19-11-9-8-10-12-19/h8-12,20-29,37,39H,7,13-17H2,1-6H3/t20-,21-,22+,23+,24-,25-,26+,27-,28-,29-,31+,32+,33-,34+/m1/s1. The number of carbonyl (C=O) groups is 2. The summed E-state index contributed by atoms with van der Waals surface area (Å²) in [6.45, 7) is 5.08. The Morgan fingerprint density at radius 2 is 1.71 bits per heavy atom. The van der Waals surface area contributed by atoms with E-state index in [0.29, 0.717) is 31.7 Å². The van der Waals surface area contributed by atoms with Crippen LogP contribution < -0.4 is 0 Å². The van der Waals surface area contributed by atoms with Gasteiger partial charge in [0, 0.05) is 89.4 Å². The first kappa shape index (κ1) is 31.5. The van der Waals surface area contributed by atoms with E-state index in [0.717, 1.165) is 0 Å². The van der Waals surface area contributed by atoms with Crippen LogP contribution in [0, 0.1) is 34.5 Å². The maximum Gasteiger partial charge on any atom is 0.338 e. The number of esters is 2. The number of nitrogens with zero attached hydrogens (tertiary/aromatic N) is 1. The molecule has 14 atom stereocenters. The van der Waals surface area contributed by atoms with Crippen molar-refractivity contribution in [3.05, 3.63) is 35.9 Å². The fraction of sp³-hybridized carbons (Fsp3) is 0.765. The topological polar surface area (TPSA) is 133 Å². The summed E-state index contributed by atoms with van der Waals surface area (Å²) in [5, 5.41) is 24.8. The Hall–Kier alpha value is -2.12. The molecule has 1 saturated heterocycles. The Labute approximate surface area is 264 Å². The van der Waals surface area contributed by atoms with Gasteiger partial charge in [0.05, 0.1) is 36.6 Å². The van der Waals surface area contributed by atoms with Crippen molar-refractivity contribution < 1.29 is 48.2 Å². The maximum atomic E-state index is 13.7. The lowest BCUT2D eigenvalue weighted by Gasteiger charge is -2.70. The molecule has 1 spiro atoms. The molecule has 248 valence electrons. The van der Waals surface area contributed by atoms with Gasteiger partial charge in [-0.05, 0) is 31.0 Å². The number of hydrogen-bond acceptors (Lipinski definition) is 11. The Morgan fingerprint density at radius 1 is 1.00 bits per heavy atom. The van der Waals surface area contributed by atoms with Gasteiger partial charge in [0.1, 0.15) is 17.3 Å². The lowest BCUT2D eigenvalue weighted by Crippen LogP contribution is -2.79. The minimum Gasteiger partial charge on any atom is -0.458 e. The summed E-state index contributed by atoms with van der Waals surface area (Å²) in [5.74, 6) is -2.55. The van der Waals surface area contributed by atoms with Crippen molar-refractivity contribution in [3.63, 3.8) is 0 Å². The minimum absolute atomic E-state index is 0.163. The lowest BCUT2D eigenvalue weighted by atomic mass is 9.42. The highest BCUT2D eigenvalue weighted by Crippen LogP contribution is 2.80. The molecule has 0 aromatic heterocycles. The average Bonchev–Trinajstić information content (AvgIpc) is 3.40. The number of benzene rings is 1. The van der Waals surface area contributed by atoms with E-state index in [1.54, 1.807) is 52.7 Å². The van der Waals surface area contributed by atoms with Crippen LogP contribution in [0.4, 0.5) is 0 Å². The Morgan fingerprint density at radius 3 is 2.31 bits per heavy atom. The number of carbonyl (C=O) groups excluding carboxylic acids is 2. The molecule has 0 radical (unpaired) electrons. The first-order valence-corrected chi connectivity index (χ1v) is 16.2. The van der Waals surface area contributed by atoms with Crippen molar-refractivity contribution in [1.82, 2.24) is 4.90 Å². The molecular weight excluding hydrogens is 582 g/mol. The Balaban J connectivity index is 1.50. The molecule has 6 fully saturated rings. The van der Waals surface area contributed by atoms with Crippen LogP contribution in [0.2, 0.25) is 0 Å². The normalized spacial score (nSPS) is 49.1. The average molecular weight is 630 g/mol. The molecular formula is C34H47NO10. The number of aliphatic hydroxyl groups excluding tert-OH is 1. The van der Waals surface area contributed by atoms with E-state index in [1.807, 2.05) is 6.07 Å². The van der Waals surface area contributed by atoms with Gasteiger partial charge in [0.2, 0.25) is 0 Å². The van der Waals surface area contributed by atoms with E-state index >= 15 is 0 Å². The predicted octanol–water partition coefficient (Wildman–Crippen LogP) is 1.68. The van der Waals surface area contributed by atoms with Gasteiger partial charge in [-0.25, -0.2) is 4.79 Å². The van der Waals surface area contributed by atoms with Crippen molar-refractivity contribution in [1.29, 1.82) is 0 Å². The number of likely N-dealkylation sites (tertiary alicyclic amines) is 1. The van der Waals surface area contributed by atoms with Crippen LogP contribution in [0.5, 0.6) is 0 Å². The fourth-order valence-corrected chi connectivity index (χ4v) is 12.2. The molecule has 1 aromatic rings. The monoisotopic (exact) mass is 629 g/mol. The summed E-state index contributed by atoms with van der Waals surface area (Å²) in [6.07, 6.45) is -2.55. The summed E-state index contributed by atoms with van der Waals surface area (Å²) in [7, 11) is 6.58. The molecule has 5 aliphatic carbocycles. The van der Waals surface area contributed by atoms with Crippen LogP contribution >= 0.6 is 0 Å². The summed E-state index contributed by atoms with van der Waals surface area (Å²) in [4.78, 5) is 29.3. The third-order valence-corrected chi connectivity index (χ3v) is 13.1. The number of aliphatic hydroxyl groups is 2. The van der Waals surface area contributed by atoms with E-state index in [9.17, 15) is 19.8 Å². The molecule has 11 nitrogen and oxygen atoms in total. The van der Waals surface area contributed by atoms with E-state index in [-0.39, 0.29) is 30.7 Å². The molecule has 1 heterocycles.